The van der Waals surface area contributed by atoms with Crippen molar-refractivity contribution in [2.75, 3.05) is 13.7 Å². The highest BCUT2D eigenvalue weighted by Crippen LogP contribution is 2.39. The van der Waals surface area contributed by atoms with Crippen molar-refractivity contribution in [3.05, 3.63) is 28.8 Å². The van der Waals surface area contributed by atoms with Gasteiger partial charge in [0.1, 0.15) is 29.1 Å². The molecule has 0 radical (unpaired) electrons. The van der Waals surface area contributed by atoms with Gasteiger partial charge in [0.25, 0.3) is 0 Å². The zero-order chi connectivity index (χ0) is 11.5. The Morgan fingerprint density at radius 2 is 2.38 bits per heavy atom. The first-order valence-electron chi connectivity index (χ1n) is 4.62. The number of ether oxygens (including phenoxy) is 2. The Labute approximate surface area is 97.6 Å². The lowest BCUT2D eigenvalue weighted by Gasteiger charge is -2.07. The van der Waals surface area contributed by atoms with Crippen LogP contribution in [0.5, 0.6) is 11.5 Å². The second-order valence-corrected chi connectivity index (χ2v) is 4.22. The lowest BCUT2D eigenvalue weighted by molar-refractivity contribution is 0.341. The summed E-state index contributed by atoms with van der Waals surface area (Å²) in [5, 5.41) is 8.94. The number of fused-ring (bicyclic) bond motifs is 1. The summed E-state index contributed by atoms with van der Waals surface area (Å²) < 4.78 is 10.6. The van der Waals surface area contributed by atoms with Crippen LogP contribution in [0.4, 0.5) is 0 Å². The Bertz CT molecular complexity index is 491. The second kappa shape index (κ2) is 4.37. The van der Waals surface area contributed by atoms with E-state index in [0.717, 1.165) is 16.4 Å². The van der Waals surface area contributed by atoms with Crippen LogP contribution in [0, 0.1) is 11.3 Å². The third-order valence-corrected chi connectivity index (χ3v) is 3.24. The molecule has 2 N–H and O–H groups in total. The van der Waals surface area contributed by atoms with Crippen molar-refractivity contribution in [1.29, 1.82) is 5.26 Å². The van der Waals surface area contributed by atoms with Gasteiger partial charge in [-0.05, 0) is 18.2 Å². The first-order valence-corrected chi connectivity index (χ1v) is 5.43. The molecule has 0 amide bonds. The number of allylic oxidation sites excluding steroid dienone is 1. The Kier molecular flexibility index (Phi) is 2.93. The molecule has 0 saturated carbocycles. The fourth-order valence-corrected chi connectivity index (χ4v) is 2.16. The molecule has 4 nitrogen and oxygen atoms in total. The van der Waals surface area contributed by atoms with Crippen LogP contribution in [0.25, 0.3) is 0 Å². The largest absolute Gasteiger partial charge is 0.497 e. The highest BCUT2D eigenvalue weighted by atomic mass is 32.2. The lowest BCUT2D eigenvalue weighted by Crippen LogP contribution is -2.09. The van der Waals surface area contributed by atoms with E-state index in [4.69, 9.17) is 20.5 Å². The Morgan fingerprint density at radius 1 is 1.56 bits per heavy atom. The molecule has 1 aromatic carbocycles. The van der Waals surface area contributed by atoms with Crippen LogP contribution in [0.3, 0.4) is 0 Å². The summed E-state index contributed by atoms with van der Waals surface area (Å²) in [6.07, 6.45) is 0. The fourth-order valence-electron chi connectivity index (χ4n) is 1.31. The molecule has 5 heteroatoms. The molecule has 2 rings (SSSR count). The maximum Gasteiger partial charge on any atom is 0.134 e. The molecule has 1 aliphatic heterocycles. The highest BCUT2D eigenvalue weighted by Gasteiger charge is 2.16. The predicted molar refractivity (Wildman–Crippen MR) is 61.2 cm³/mol. The number of thioether (sulfide) groups is 1. The molecule has 0 spiro atoms. The van der Waals surface area contributed by atoms with Gasteiger partial charge in [0, 0.05) is 0 Å². The van der Waals surface area contributed by atoms with Crippen LogP contribution in [0.1, 0.15) is 0 Å². The first kappa shape index (κ1) is 10.7. The number of methoxy groups -OCH3 is 1. The van der Waals surface area contributed by atoms with E-state index < -0.39 is 0 Å². The van der Waals surface area contributed by atoms with E-state index in [2.05, 4.69) is 6.07 Å². The first-order chi connectivity index (χ1) is 7.74. The summed E-state index contributed by atoms with van der Waals surface area (Å²) in [6.45, 7) is 0.245. The van der Waals surface area contributed by atoms with Crippen molar-refractivity contribution < 1.29 is 9.47 Å². The number of benzene rings is 1. The van der Waals surface area contributed by atoms with E-state index in [9.17, 15) is 0 Å². The van der Waals surface area contributed by atoms with Crippen molar-refractivity contribution in [2.45, 2.75) is 4.90 Å². The van der Waals surface area contributed by atoms with Crippen LogP contribution in [-0.4, -0.2) is 13.7 Å². The summed E-state index contributed by atoms with van der Waals surface area (Å²) >= 11 is 1.30. The van der Waals surface area contributed by atoms with Crippen LogP contribution >= 0.6 is 11.8 Å². The number of rotatable bonds is 1. The average molecular weight is 234 g/mol. The predicted octanol–water partition coefficient (Wildman–Crippen LogP) is 1.87. The third kappa shape index (κ3) is 1.92. The van der Waals surface area contributed by atoms with Gasteiger partial charge in [0.05, 0.1) is 17.7 Å². The molecule has 0 fully saturated rings. The van der Waals surface area contributed by atoms with E-state index in [0.29, 0.717) is 10.6 Å². The number of nitriles is 1. The Balaban J connectivity index is 2.42. The molecular weight excluding hydrogens is 224 g/mol. The molecule has 0 unspecified atom stereocenters. The Morgan fingerprint density at radius 3 is 3.06 bits per heavy atom. The van der Waals surface area contributed by atoms with Crippen molar-refractivity contribution >= 4 is 11.8 Å². The molecule has 82 valence electrons. The monoisotopic (exact) mass is 234 g/mol. The van der Waals surface area contributed by atoms with Crippen molar-refractivity contribution in [2.24, 2.45) is 5.73 Å². The van der Waals surface area contributed by atoms with Gasteiger partial charge < -0.3 is 15.2 Å². The molecule has 0 saturated heterocycles. The van der Waals surface area contributed by atoms with Gasteiger partial charge in [-0.3, -0.25) is 0 Å². The summed E-state index contributed by atoms with van der Waals surface area (Å²) in [7, 11) is 1.60. The van der Waals surface area contributed by atoms with Crippen LogP contribution in [-0.2, 0) is 0 Å². The highest BCUT2D eigenvalue weighted by molar-refractivity contribution is 8.03. The van der Waals surface area contributed by atoms with Gasteiger partial charge >= 0.3 is 0 Å². The molecule has 0 aliphatic carbocycles. The minimum Gasteiger partial charge on any atom is -0.497 e. The van der Waals surface area contributed by atoms with Crippen molar-refractivity contribution in [3.63, 3.8) is 0 Å². The van der Waals surface area contributed by atoms with E-state index in [1.54, 1.807) is 7.11 Å². The summed E-state index contributed by atoms with van der Waals surface area (Å²) in [6, 6.07) is 7.52. The molecular formula is C11H10N2O2S. The summed E-state index contributed by atoms with van der Waals surface area (Å²) in [5.74, 6) is 1.45. The maximum atomic E-state index is 8.94. The fraction of sp³-hybridized carbons (Fsp3) is 0.182. The lowest BCUT2D eigenvalue weighted by atomic mass is 10.3. The van der Waals surface area contributed by atoms with Gasteiger partial charge in [-0.15, -0.1) is 0 Å². The second-order valence-electron chi connectivity index (χ2n) is 3.17. The molecule has 16 heavy (non-hydrogen) atoms. The normalized spacial score (nSPS) is 14.5. The minimum atomic E-state index is 0.245. The number of nitrogens with two attached hydrogens (primary N) is 1. The van der Waals surface area contributed by atoms with E-state index in [1.165, 1.54) is 11.8 Å². The smallest absolute Gasteiger partial charge is 0.134 e. The van der Waals surface area contributed by atoms with Gasteiger partial charge in [-0.2, -0.15) is 5.26 Å². The molecule has 1 heterocycles. The Hall–Kier alpha value is -1.80. The molecule has 0 aromatic heterocycles. The minimum absolute atomic E-state index is 0.245. The van der Waals surface area contributed by atoms with Gasteiger partial charge in [0.15, 0.2) is 0 Å². The van der Waals surface area contributed by atoms with E-state index >= 15 is 0 Å². The standard InChI is InChI=1S/C11H10N2O2S/c1-14-7-2-3-9-10(4-7)16-11(5-12)8(13)6-15-9/h2-4H,6,13H2,1H3. The van der Waals surface area contributed by atoms with E-state index in [-0.39, 0.29) is 6.61 Å². The quantitative estimate of drug-likeness (QED) is 0.803. The number of nitrogens with zero attached hydrogens (tertiary/aromatic N) is 1. The number of hydrogen-bond acceptors (Lipinski definition) is 5. The zero-order valence-corrected chi connectivity index (χ0v) is 9.50. The van der Waals surface area contributed by atoms with Crippen LogP contribution in [0.15, 0.2) is 33.7 Å². The summed E-state index contributed by atoms with van der Waals surface area (Å²) in [5.41, 5.74) is 6.18. The van der Waals surface area contributed by atoms with E-state index in [1.807, 2.05) is 18.2 Å². The number of hydrogen-bond donors (Lipinski definition) is 1. The topological polar surface area (TPSA) is 68.3 Å². The zero-order valence-electron chi connectivity index (χ0n) is 8.69. The molecule has 0 bridgehead atoms. The van der Waals surface area contributed by atoms with Gasteiger partial charge in [0.2, 0.25) is 0 Å². The van der Waals surface area contributed by atoms with Crippen LogP contribution < -0.4 is 15.2 Å². The molecule has 1 aromatic rings. The molecule has 1 aliphatic rings. The SMILES string of the molecule is COc1ccc2c(c1)SC(C#N)=C(N)CO2. The van der Waals surface area contributed by atoms with Crippen molar-refractivity contribution in [3.8, 4) is 17.6 Å². The van der Waals surface area contributed by atoms with Gasteiger partial charge in [-0.1, -0.05) is 11.8 Å². The van der Waals surface area contributed by atoms with Crippen molar-refractivity contribution in [1.82, 2.24) is 0 Å². The summed E-state index contributed by atoms with van der Waals surface area (Å²) in [4.78, 5) is 1.32. The maximum absolute atomic E-state index is 8.94. The van der Waals surface area contributed by atoms with Crippen LogP contribution in [0.2, 0.25) is 0 Å². The molecule has 0 atom stereocenters. The average Bonchev–Trinajstić information content (AvgIpc) is 2.48. The third-order valence-electron chi connectivity index (χ3n) is 2.14. The van der Waals surface area contributed by atoms with Gasteiger partial charge in [-0.25, -0.2) is 0 Å².